The zero-order valence-electron chi connectivity index (χ0n) is 15.6. The molecule has 4 nitrogen and oxygen atoms in total. The first kappa shape index (κ1) is 20.3. The van der Waals surface area contributed by atoms with E-state index >= 15 is 0 Å². The molecule has 2 aromatic carbocycles. The third kappa shape index (κ3) is 4.77. The molecule has 0 radical (unpaired) electrons. The number of quaternary nitrogens is 1. The fourth-order valence-corrected chi connectivity index (χ4v) is 3.15. The van der Waals surface area contributed by atoms with E-state index in [9.17, 15) is 0 Å². The molecule has 2 unspecified atom stereocenters. The van der Waals surface area contributed by atoms with Crippen LogP contribution >= 0.6 is 0 Å². The van der Waals surface area contributed by atoms with Crippen molar-refractivity contribution >= 4 is 5.71 Å². The highest BCUT2D eigenvalue weighted by molar-refractivity contribution is 6.05. The molecule has 0 aliphatic carbocycles. The summed E-state index contributed by atoms with van der Waals surface area (Å²) in [6, 6.07) is 18.4. The van der Waals surface area contributed by atoms with Gasteiger partial charge in [-0.25, -0.2) is 0 Å². The van der Waals surface area contributed by atoms with E-state index in [-0.39, 0.29) is 24.4 Å². The molecule has 0 aromatic heterocycles. The van der Waals surface area contributed by atoms with Gasteiger partial charge >= 0.3 is 0 Å². The van der Waals surface area contributed by atoms with E-state index < -0.39 is 0 Å². The van der Waals surface area contributed by atoms with Crippen molar-refractivity contribution in [2.24, 2.45) is 11.1 Å². The summed E-state index contributed by atoms with van der Waals surface area (Å²) >= 11 is 0. The number of fused-ring (bicyclic) bond motifs is 1. The highest BCUT2D eigenvalue weighted by Crippen LogP contribution is 2.38. The minimum Gasteiger partial charge on any atom is -1.00 e. The first-order valence-electron chi connectivity index (χ1n) is 8.96. The third-order valence-electron chi connectivity index (χ3n) is 4.51. The minimum atomic E-state index is -0.0512. The van der Waals surface area contributed by atoms with Crippen molar-refractivity contribution in [3.63, 3.8) is 0 Å². The predicted molar refractivity (Wildman–Crippen MR) is 100 cm³/mol. The van der Waals surface area contributed by atoms with Crippen LogP contribution in [0, 0.1) is 5.92 Å². The molecule has 0 spiro atoms. The molecule has 1 heterocycles. The molecule has 26 heavy (non-hydrogen) atoms. The van der Waals surface area contributed by atoms with E-state index in [2.05, 4.69) is 44.4 Å². The van der Waals surface area contributed by atoms with E-state index in [4.69, 9.17) is 9.57 Å². The van der Waals surface area contributed by atoms with Gasteiger partial charge in [0, 0.05) is 17.9 Å². The smallest absolute Gasteiger partial charge is 0.132 e. The number of hydrogen-bond acceptors (Lipinski definition) is 3. The monoisotopic (exact) mass is 374 g/mol. The fraction of sp³-hybridized carbons (Fsp3) is 0.381. The molecule has 1 N–H and O–H groups in total. The number of ether oxygens (including phenoxy) is 1. The Morgan fingerprint density at radius 1 is 1.04 bits per heavy atom. The minimum absolute atomic E-state index is 0. The predicted octanol–water partition coefficient (Wildman–Crippen LogP) is -0.284. The van der Waals surface area contributed by atoms with Gasteiger partial charge in [0.1, 0.15) is 18.5 Å². The van der Waals surface area contributed by atoms with E-state index in [1.165, 1.54) is 4.90 Å². The zero-order valence-corrected chi connectivity index (χ0v) is 16.4. The average Bonchev–Trinajstić information content (AvgIpc) is 2.63. The highest BCUT2D eigenvalue weighted by atomic mass is 35.5. The van der Waals surface area contributed by atoms with E-state index in [0.29, 0.717) is 6.61 Å². The molecule has 0 amide bonds. The number of nitrogens with zero attached hydrogens (tertiary/aromatic N) is 1. The van der Waals surface area contributed by atoms with Gasteiger partial charge in [-0.15, -0.1) is 0 Å². The van der Waals surface area contributed by atoms with E-state index in [1.807, 2.05) is 36.4 Å². The number of nitrogens with one attached hydrogen (secondary N) is 1. The molecule has 0 saturated carbocycles. The molecule has 1 aliphatic rings. The van der Waals surface area contributed by atoms with Gasteiger partial charge in [-0.2, -0.15) is 0 Å². The number of hydrogen-bond donors (Lipinski definition) is 1. The van der Waals surface area contributed by atoms with E-state index in [0.717, 1.165) is 35.6 Å². The number of rotatable bonds is 6. The Balaban J connectivity index is 0.00000243. The third-order valence-corrected chi connectivity index (χ3v) is 4.51. The lowest BCUT2D eigenvalue weighted by molar-refractivity contribution is -0.858. The average molecular weight is 375 g/mol. The SMILES string of the molecule is CC1/C(=N\OCCC[NH+](C)C)c2ccccc2OC1c1ccccc1.[Cl-]. The van der Waals surface area contributed by atoms with Crippen molar-refractivity contribution in [3.05, 3.63) is 65.7 Å². The Morgan fingerprint density at radius 2 is 1.73 bits per heavy atom. The van der Waals surface area contributed by atoms with Crippen molar-refractivity contribution in [1.82, 2.24) is 0 Å². The Bertz CT molecular complexity index is 719. The van der Waals surface area contributed by atoms with Crippen LogP contribution in [0.15, 0.2) is 59.8 Å². The summed E-state index contributed by atoms with van der Waals surface area (Å²) in [4.78, 5) is 7.08. The van der Waals surface area contributed by atoms with Gasteiger partial charge in [0.2, 0.25) is 0 Å². The molecular weight excluding hydrogens is 348 g/mol. The van der Waals surface area contributed by atoms with Crippen LogP contribution in [-0.4, -0.2) is 33.0 Å². The molecule has 3 rings (SSSR count). The summed E-state index contributed by atoms with van der Waals surface area (Å²) in [6.45, 7) is 3.87. The van der Waals surface area contributed by atoms with Gasteiger partial charge < -0.3 is 26.9 Å². The topological polar surface area (TPSA) is 35.3 Å². The lowest BCUT2D eigenvalue weighted by Crippen LogP contribution is -3.05. The molecule has 1 aliphatic heterocycles. The van der Waals surface area contributed by atoms with Crippen molar-refractivity contribution in [3.8, 4) is 5.75 Å². The summed E-state index contributed by atoms with van der Waals surface area (Å²) in [5, 5.41) is 4.51. The number of para-hydroxylation sites is 1. The summed E-state index contributed by atoms with van der Waals surface area (Å²) < 4.78 is 6.28. The lowest BCUT2D eigenvalue weighted by Gasteiger charge is -2.32. The van der Waals surface area contributed by atoms with Crippen LogP contribution in [0.3, 0.4) is 0 Å². The molecule has 2 atom stereocenters. The Kier molecular flexibility index (Phi) is 7.49. The molecule has 0 bridgehead atoms. The quantitative estimate of drug-likeness (QED) is 0.557. The van der Waals surface area contributed by atoms with Gasteiger partial charge in [-0.1, -0.05) is 54.5 Å². The summed E-state index contributed by atoms with van der Waals surface area (Å²) in [5.74, 6) is 0.992. The van der Waals surface area contributed by atoms with Gasteiger partial charge in [0.25, 0.3) is 0 Å². The Morgan fingerprint density at radius 3 is 2.46 bits per heavy atom. The van der Waals surface area contributed by atoms with Crippen LogP contribution < -0.4 is 22.0 Å². The maximum atomic E-state index is 6.28. The van der Waals surface area contributed by atoms with Crippen molar-refractivity contribution in [2.75, 3.05) is 27.2 Å². The molecule has 0 fully saturated rings. The maximum Gasteiger partial charge on any atom is 0.132 e. The van der Waals surface area contributed by atoms with Crippen molar-refractivity contribution in [1.29, 1.82) is 0 Å². The number of benzene rings is 2. The Labute approximate surface area is 162 Å². The molecule has 0 saturated heterocycles. The standard InChI is InChI=1S/C21H26N2O2.ClH/c1-16-20(22-24-15-9-14-23(2)3)18-12-7-8-13-19(18)25-21(16)17-10-5-4-6-11-17;/h4-8,10-13,16,21H,9,14-15H2,1-3H3;1H/b22-20+;. The normalized spacial score (nSPS) is 20.2. The van der Waals surface area contributed by atoms with Crippen LogP contribution in [0.25, 0.3) is 0 Å². The van der Waals surface area contributed by atoms with Gasteiger partial charge in [-0.3, -0.25) is 0 Å². The van der Waals surface area contributed by atoms with Crippen LogP contribution in [-0.2, 0) is 4.84 Å². The maximum absolute atomic E-state index is 6.28. The first-order chi connectivity index (χ1) is 12.2. The fourth-order valence-electron chi connectivity index (χ4n) is 3.15. The van der Waals surface area contributed by atoms with Crippen LogP contribution in [0.2, 0.25) is 0 Å². The second-order valence-electron chi connectivity index (χ2n) is 6.85. The van der Waals surface area contributed by atoms with Gasteiger partial charge in [-0.05, 0) is 17.7 Å². The number of oxime groups is 1. The second-order valence-corrected chi connectivity index (χ2v) is 6.85. The molecule has 140 valence electrons. The largest absolute Gasteiger partial charge is 1.00 e. The van der Waals surface area contributed by atoms with Crippen LogP contribution in [0.4, 0.5) is 0 Å². The number of halogens is 1. The molecule has 2 aromatic rings. The summed E-state index contributed by atoms with van der Waals surface area (Å²) in [6.07, 6.45) is 0.943. The Hall–Kier alpha value is -2.04. The molecular formula is C21H27ClN2O2. The first-order valence-corrected chi connectivity index (χ1v) is 8.96. The highest BCUT2D eigenvalue weighted by Gasteiger charge is 2.33. The summed E-state index contributed by atoms with van der Waals surface area (Å²) in [7, 11) is 4.29. The van der Waals surface area contributed by atoms with E-state index in [1.54, 1.807) is 0 Å². The van der Waals surface area contributed by atoms with Crippen molar-refractivity contribution in [2.45, 2.75) is 19.4 Å². The summed E-state index contributed by atoms with van der Waals surface area (Å²) in [5.41, 5.74) is 3.15. The van der Waals surface area contributed by atoms with Crippen LogP contribution in [0.1, 0.15) is 30.6 Å². The second kappa shape index (κ2) is 9.60. The van der Waals surface area contributed by atoms with Crippen molar-refractivity contribution < 1.29 is 26.9 Å². The van der Waals surface area contributed by atoms with Gasteiger partial charge in [0.15, 0.2) is 0 Å². The lowest BCUT2D eigenvalue weighted by atomic mass is 9.86. The van der Waals surface area contributed by atoms with Crippen LogP contribution in [0.5, 0.6) is 5.75 Å². The zero-order chi connectivity index (χ0) is 17.6. The molecule has 5 heteroatoms. The van der Waals surface area contributed by atoms with Gasteiger partial charge in [0.05, 0.1) is 26.4 Å².